The van der Waals surface area contributed by atoms with Crippen LogP contribution in [-0.4, -0.2) is 36.5 Å². The van der Waals surface area contributed by atoms with Crippen molar-refractivity contribution in [3.63, 3.8) is 0 Å². The summed E-state index contributed by atoms with van der Waals surface area (Å²) in [5.41, 5.74) is 0. The number of allylic oxidation sites excluding steroid dienone is 2. The second-order valence-electron chi connectivity index (χ2n) is 6.52. The lowest BCUT2D eigenvalue weighted by molar-refractivity contribution is -0.130. The molecule has 2 fully saturated rings. The molecule has 3 rings (SSSR count). The van der Waals surface area contributed by atoms with E-state index in [0.717, 1.165) is 37.4 Å². The first-order chi connectivity index (χ1) is 9.24. The minimum Gasteiger partial charge on any atom is -0.343 e. The summed E-state index contributed by atoms with van der Waals surface area (Å²) in [6, 6.07) is 0.548. The molecule has 1 heterocycles. The second kappa shape index (κ2) is 5.66. The van der Waals surface area contributed by atoms with Crippen molar-refractivity contribution in [2.75, 3.05) is 19.6 Å². The SMILES string of the molecule is CC(NCCC(=O)N1CCCC1)C1CC2C=CC1C2. The molecule has 1 saturated heterocycles. The Bertz CT molecular complexity index is 360. The van der Waals surface area contributed by atoms with Crippen LogP contribution in [-0.2, 0) is 4.79 Å². The number of nitrogens with zero attached hydrogens (tertiary/aromatic N) is 1. The Hall–Kier alpha value is -0.830. The fourth-order valence-electron chi connectivity index (χ4n) is 4.08. The molecule has 2 bridgehead atoms. The molecule has 3 aliphatic rings. The van der Waals surface area contributed by atoms with Crippen LogP contribution < -0.4 is 5.32 Å². The van der Waals surface area contributed by atoms with E-state index in [4.69, 9.17) is 0 Å². The predicted octanol–water partition coefficient (Wildman–Crippen LogP) is 2.19. The van der Waals surface area contributed by atoms with Crippen LogP contribution in [0.5, 0.6) is 0 Å². The van der Waals surface area contributed by atoms with Crippen molar-refractivity contribution in [3.8, 4) is 0 Å². The molecular weight excluding hydrogens is 236 g/mol. The van der Waals surface area contributed by atoms with Crippen LogP contribution >= 0.6 is 0 Å². The Morgan fingerprint density at radius 3 is 2.74 bits per heavy atom. The van der Waals surface area contributed by atoms with E-state index in [1.54, 1.807) is 0 Å². The summed E-state index contributed by atoms with van der Waals surface area (Å²) in [6.45, 7) is 5.09. The number of hydrogen-bond acceptors (Lipinski definition) is 2. The van der Waals surface area contributed by atoms with E-state index in [-0.39, 0.29) is 0 Å². The largest absolute Gasteiger partial charge is 0.343 e. The average Bonchev–Trinajstić information content (AvgIpc) is 3.14. The van der Waals surface area contributed by atoms with Gasteiger partial charge in [0.15, 0.2) is 0 Å². The molecule has 3 nitrogen and oxygen atoms in total. The van der Waals surface area contributed by atoms with Crippen LogP contribution in [0.3, 0.4) is 0 Å². The van der Waals surface area contributed by atoms with E-state index in [2.05, 4.69) is 24.4 Å². The van der Waals surface area contributed by atoms with Crippen molar-refractivity contribution in [2.24, 2.45) is 17.8 Å². The van der Waals surface area contributed by atoms with Gasteiger partial charge in [0.25, 0.3) is 0 Å². The Morgan fingerprint density at radius 2 is 2.11 bits per heavy atom. The van der Waals surface area contributed by atoms with Gasteiger partial charge in [-0.2, -0.15) is 0 Å². The molecule has 0 aromatic carbocycles. The number of rotatable bonds is 5. The normalized spacial score (nSPS) is 34.2. The number of amides is 1. The molecule has 1 amide bonds. The van der Waals surface area contributed by atoms with Crippen molar-refractivity contribution in [3.05, 3.63) is 12.2 Å². The summed E-state index contributed by atoms with van der Waals surface area (Å²) in [6.07, 6.45) is 10.6. The first-order valence-corrected chi connectivity index (χ1v) is 7.93. The molecule has 0 radical (unpaired) electrons. The van der Waals surface area contributed by atoms with Gasteiger partial charge in [0, 0.05) is 32.1 Å². The molecule has 2 aliphatic carbocycles. The number of nitrogens with one attached hydrogen (secondary N) is 1. The van der Waals surface area contributed by atoms with E-state index in [1.165, 1.54) is 25.7 Å². The monoisotopic (exact) mass is 262 g/mol. The van der Waals surface area contributed by atoms with Crippen LogP contribution in [0.25, 0.3) is 0 Å². The predicted molar refractivity (Wildman–Crippen MR) is 76.7 cm³/mol. The number of carbonyl (C=O) groups excluding carboxylic acids is 1. The smallest absolute Gasteiger partial charge is 0.223 e. The topological polar surface area (TPSA) is 32.3 Å². The highest BCUT2D eigenvalue weighted by molar-refractivity contribution is 5.76. The van der Waals surface area contributed by atoms with Gasteiger partial charge in [-0.25, -0.2) is 0 Å². The van der Waals surface area contributed by atoms with Gasteiger partial charge in [-0.3, -0.25) is 4.79 Å². The molecule has 4 unspecified atom stereocenters. The summed E-state index contributed by atoms with van der Waals surface area (Å²) in [7, 11) is 0. The molecule has 0 aromatic heterocycles. The van der Waals surface area contributed by atoms with Crippen LogP contribution in [0, 0.1) is 17.8 Å². The molecule has 106 valence electrons. The fourth-order valence-corrected chi connectivity index (χ4v) is 4.08. The number of fused-ring (bicyclic) bond motifs is 2. The van der Waals surface area contributed by atoms with Crippen molar-refractivity contribution >= 4 is 5.91 Å². The minimum atomic E-state index is 0.338. The van der Waals surface area contributed by atoms with Gasteiger partial charge in [-0.1, -0.05) is 12.2 Å². The molecule has 3 heteroatoms. The van der Waals surface area contributed by atoms with Crippen molar-refractivity contribution < 1.29 is 4.79 Å². The zero-order valence-electron chi connectivity index (χ0n) is 12.0. The average molecular weight is 262 g/mol. The molecule has 4 atom stereocenters. The van der Waals surface area contributed by atoms with Crippen LogP contribution in [0.4, 0.5) is 0 Å². The number of carbonyl (C=O) groups is 1. The number of likely N-dealkylation sites (tertiary alicyclic amines) is 1. The maximum absolute atomic E-state index is 12.0. The van der Waals surface area contributed by atoms with E-state index >= 15 is 0 Å². The van der Waals surface area contributed by atoms with Crippen LogP contribution in [0.2, 0.25) is 0 Å². The lowest BCUT2D eigenvalue weighted by Gasteiger charge is -2.26. The maximum atomic E-state index is 12.0. The highest BCUT2D eigenvalue weighted by Crippen LogP contribution is 2.44. The van der Waals surface area contributed by atoms with E-state index in [0.29, 0.717) is 18.4 Å². The Labute approximate surface area is 116 Å². The molecular formula is C16H26N2O. The molecule has 0 aromatic rings. The van der Waals surface area contributed by atoms with E-state index in [1.807, 2.05) is 4.90 Å². The van der Waals surface area contributed by atoms with Gasteiger partial charge < -0.3 is 10.2 Å². The first kappa shape index (κ1) is 13.2. The van der Waals surface area contributed by atoms with Gasteiger partial charge >= 0.3 is 0 Å². The zero-order chi connectivity index (χ0) is 13.2. The summed E-state index contributed by atoms with van der Waals surface area (Å²) >= 11 is 0. The second-order valence-corrected chi connectivity index (χ2v) is 6.52. The third-order valence-corrected chi connectivity index (χ3v) is 5.24. The Morgan fingerprint density at radius 1 is 1.32 bits per heavy atom. The summed E-state index contributed by atoms with van der Waals surface area (Å²) in [4.78, 5) is 14.0. The van der Waals surface area contributed by atoms with Gasteiger partial charge in [-0.15, -0.1) is 0 Å². The summed E-state index contributed by atoms with van der Waals surface area (Å²) in [5.74, 6) is 2.76. The zero-order valence-corrected chi connectivity index (χ0v) is 12.0. The molecule has 1 saturated carbocycles. The minimum absolute atomic E-state index is 0.338. The van der Waals surface area contributed by atoms with Crippen molar-refractivity contribution in [1.82, 2.24) is 10.2 Å². The quantitative estimate of drug-likeness (QED) is 0.770. The third kappa shape index (κ3) is 2.86. The maximum Gasteiger partial charge on any atom is 0.223 e. The molecule has 1 N–H and O–H groups in total. The van der Waals surface area contributed by atoms with Crippen LogP contribution in [0.1, 0.15) is 39.0 Å². The van der Waals surface area contributed by atoms with Gasteiger partial charge in [0.05, 0.1) is 0 Å². The lowest BCUT2D eigenvalue weighted by atomic mass is 9.87. The van der Waals surface area contributed by atoms with E-state index in [9.17, 15) is 4.79 Å². The van der Waals surface area contributed by atoms with Crippen LogP contribution in [0.15, 0.2) is 12.2 Å². The first-order valence-electron chi connectivity index (χ1n) is 7.93. The van der Waals surface area contributed by atoms with E-state index < -0.39 is 0 Å². The highest BCUT2D eigenvalue weighted by atomic mass is 16.2. The third-order valence-electron chi connectivity index (χ3n) is 5.24. The van der Waals surface area contributed by atoms with Gasteiger partial charge in [0.1, 0.15) is 0 Å². The summed E-state index contributed by atoms with van der Waals surface area (Å²) in [5, 5.41) is 3.58. The highest BCUT2D eigenvalue weighted by Gasteiger charge is 2.38. The fraction of sp³-hybridized carbons (Fsp3) is 0.812. The number of hydrogen-bond donors (Lipinski definition) is 1. The summed E-state index contributed by atoms with van der Waals surface area (Å²) < 4.78 is 0. The Kier molecular flexibility index (Phi) is 3.92. The molecule has 0 spiro atoms. The Balaban J connectivity index is 1.38. The standard InChI is InChI=1S/C16H26N2O/c1-12(15-11-13-4-5-14(15)10-13)17-7-6-16(19)18-8-2-3-9-18/h4-5,12-15,17H,2-3,6-11H2,1H3. The van der Waals surface area contributed by atoms with Gasteiger partial charge in [-0.05, 0) is 50.4 Å². The molecule has 1 aliphatic heterocycles. The van der Waals surface area contributed by atoms with Crippen molar-refractivity contribution in [2.45, 2.75) is 45.1 Å². The van der Waals surface area contributed by atoms with Gasteiger partial charge in [0.2, 0.25) is 5.91 Å². The molecule has 19 heavy (non-hydrogen) atoms. The van der Waals surface area contributed by atoms with Crippen molar-refractivity contribution in [1.29, 1.82) is 0 Å². The lowest BCUT2D eigenvalue weighted by Crippen LogP contribution is -2.38.